The summed E-state index contributed by atoms with van der Waals surface area (Å²) in [7, 11) is 1.39. The summed E-state index contributed by atoms with van der Waals surface area (Å²) >= 11 is 1.99. The molecule has 0 fully saturated rings. The minimum Gasteiger partial charge on any atom is -0.493 e. The molecule has 1 heterocycles. The van der Waals surface area contributed by atoms with Gasteiger partial charge < -0.3 is 9.47 Å². The molecule has 2 aromatic rings. The molecule has 1 amide bonds. The predicted octanol–water partition coefficient (Wildman–Crippen LogP) is 4.81. The summed E-state index contributed by atoms with van der Waals surface area (Å²) in [5.41, 5.74) is -1.34. The van der Waals surface area contributed by atoms with Crippen molar-refractivity contribution in [1.29, 1.82) is 0 Å². The molecule has 0 saturated heterocycles. The number of ether oxygens (including phenoxy) is 2. The highest BCUT2D eigenvalue weighted by molar-refractivity contribution is 14.1. The fourth-order valence-corrected chi connectivity index (χ4v) is 3.50. The van der Waals surface area contributed by atoms with E-state index in [4.69, 9.17) is 15.9 Å². The topological polar surface area (TPSA) is 51.1 Å². The first-order valence-corrected chi connectivity index (χ1v) is 9.77. The van der Waals surface area contributed by atoms with Crippen molar-refractivity contribution < 1.29 is 36.2 Å². The normalized spacial score (nSPS) is 14.6. The second-order valence-electron chi connectivity index (χ2n) is 6.30. The zero-order valence-corrected chi connectivity index (χ0v) is 18.6. The Morgan fingerprint density at radius 2 is 1.72 bits per heavy atom. The third-order valence-electron chi connectivity index (χ3n) is 4.33. The summed E-state index contributed by atoms with van der Waals surface area (Å²) in [5, 5.41) is 3.83. The molecule has 0 unspecified atom stereocenters. The zero-order chi connectivity index (χ0) is 23.7. The van der Waals surface area contributed by atoms with Crippen LogP contribution in [0.5, 0.6) is 11.5 Å². The van der Waals surface area contributed by atoms with E-state index >= 15 is 0 Å². The number of hydrogen-bond acceptors (Lipinski definition) is 4. The molecule has 0 spiro atoms. The number of amides is 1. The van der Waals surface area contributed by atoms with Gasteiger partial charge in [0.05, 0.1) is 18.4 Å². The molecule has 1 aliphatic heterocycles. The van der Waals surface area contributed by atoms with E-state index in [2.05, 4.69) is 11.0 Å². The third kappa shape index (κ3) is 4.02. The average molecular weight is 562 g/mol. The number of methoxy groups -OCH3 is 1. The van der Waals surface area contributed by atoms with Crippen LogP contribution in [-0.2, 0) is 4.79 Å². The summed E-state index contributed by atoms with van der Waals surface area (Å²) in [6, 6.07) is 3.26. The quantitative estimate of drug-likeness (QED) is 0.131. The SMILES string of the molecule is C#CCOc1c(/C=C2\C(=O)N(c3c(F)c(F)c(F)c(F)c3F)N=C2C)cc(I)cc1OC. The fraction of sp³-hybridized carbons (Fsp3) is 0.143. The number of carbonyl (C=O) groups excluding carboxylic acids is 1. The molecule has 11 heteroatoms. The number of terminal acetylenes is 1. The molecule has 0 aliphatic carbocycles. The lowest BCUT2D eigenvalue weighted by atomic mass is 10.1. The van der Waals surface area contributed by atoms with Crippen LogP contribution in [0.3, 0.4) is 0 Å². The third-order valence-corrected chi connectivity index (χ3v) is 4.95. The monoisotopic (exact) mass is 562 g/mol. The van der Waals surface area contributed by atoms with E-state index in [9.17, 15) is 26.7 Å². The highest BCUT2D eigenvalue weighted by Crippen LogP contribution is 2.37. The fourth-order valence-electron chi connectivity index (χ4n) is 2.89. The van der Waals surface area contributed by atoms with Crippen molar-refractivity contribution in [3.8, 4) is 23.8 Å². The number of benzene rings is 2. The molecule has 5 nitrogen and oxygen atoms in total. The van der Waals surface area contributed by atoms with Crippen LogP contribution in [-0.4, -0.2) is 25.3 Å². The number of hydrogen-bond donors (Lipinski definition) is 0. The Morgan fingerprint density at radius 1 is 1.12 bits per heavy atom. The van der Waals surface area contributed by atoms with Gasteiger partial charge in [-0.05, 0) is 47.7 Å². The summed E-state index contributed by atoms with van der Waals surface area (Å²) in [4.78, 5) is 12.9. The van der Waals surface area contributed by atoms with Gasteiger partial charge in [-0.1, -0.05) is 5.92 Å². The maximum atomic E-state index is 14.2. The number of halogens is 6. The van der Waals surface area contributed by atoms with E-state index in [1.807, 2.05) is 22.6 Å². The van der Waals surface area contributed by atoms with Crippen LogP contribution in [0.4, 0.5) is 27.6 Å². The molecule has 0 bridgehead atoms. The second kappa shape index (κ2) is 9.15. The maximum Gasteiger partial charge on any atom is 0.280 e. The number of rotatable bonds is 5. The van der Waals surface area contributed by atoms with Crippen molar-refractivity contribution in [2.45, 2.75) is 6.92 Å². The highest BCUT2D eigenvalue weighted by atomic mass is 127. The summed E-state index contributed by atoms with van der Waals surface area (Å²) in [6.07, 6.45) is 6.53. The summed E-state index contributed by atoms with van der Waals surface area (Å²) in [5.74, 6) is -9.40. The molecule has 2 aromatic carbocycles. The largest absolute Gasteiger partial charge is 0.493 e. The van der Waals surface area contributed by atoms with Gasteiger partial charge in [-0.2, -0.15) is 10.1 Å². The average Bonchev–Trinajstić information content (AvgIpc) is 3.03. The van der Waals surface area contributed by atoms with E-state index in [1.165, 1.54) is 20.1 Å². The summed E-state index contributed by atoms with van der Waals surface area (Å²) < 4.78 is 80.5. The molecular formula is C21H12F5IN2O3. The standard InChI is InChI=1S/C21H12F5IN2O3/c1-4-5-32-20-10(6-11(27)8-13(20)31-3)7-12-9(2)28-29(21(12)30)19-17(25)15(23)14(22)16(24)18(19)26/h1,6-8H,5H2,2-3H3/b12-7-. The minimum absolute atomic E-state index is 0.0281. The molecule has 0 N–H and O–H groups in total. The van der Waals surface area contributed by atoms with Crippen molar-refractivity contribution in [2.24, 2.45) is 5.10 Å². The van der Waals surface area contributed by atoms with Gasteiger partial charge in [-0.3, -0.25) is 4.79 Å². The lowest BCUT2D eigenvalue weighted by molar-refractivity contribution is -0.114. The van der Waals surface area contributed by atoms with E-state index in [0.29, 0.717) is 14.9 Å². The molecule has 32 heavy (non-hydrogen) atoms. The Balaban J connectivity index is 2.14. The molecule has 0 aromatic heterocycles. The van der Waals surface area contributed by atoms with Gasteiger partial charge in [0.2, 0.25) is 5.82 Å². The number of hydrazone groups is 1. The first kappa shape index (κ1) is 23.5. The van der Waals surface area contributed by atoms with Crippen molar-refractivity contribution in [1.82, 2.24) is 0 Å². The number of anilines is 1. The first-order chi connectivity index (χ1) is 15.1. The van der Waals surface area contributed by atoms with Crippen LogP contribution >= 0.6 is 22.6 Å². The van der Waals surface area contributed by atoms with Crippen LogP contribution in [0.1, 0.15) is 12.5 Å². The zero-order valence-electron chi connectivity index (χ0n) is 16.4. The smallest absolute Gasteiger partial charge is 0.280 e. The van der Waals surface area contributed by atoms with Gasteiger partial charge in [-0.25, -0.2) is 22.0 Å². The maximum absolute atomic E-state index is 14.2. The van der Waals surface area contributed by atoms with Crippen molar-refractivity contribution >= 4 is 46.0 Å². The van der Waals surface area contributed by atoms with Crippen LogP contribution < -0.4 is 14.5 Å². The Hall–Kier alpha value is -3.14. The minimum atomic E-state index is -2.34. The molecule has 0 atom stereocenters. The van der Waals surface area contributed by atoms with Gasteiger partial charge >= 0.3 is 0 Å². The number of nitrogens with zero attached hydrogens (tertiary/aromatic N) is 2. The van der Waals surface area contributed by atoms with Gasteiger partial charge in [0, 0.05) is 9.13 Å². The molecule has 0 radical (unpaired) electrons. The number of carbonyl (C=O) groups is 1. The molecule has 1 aliphatic rings. The lowest BCUT2D eigenvalue weighted by Crippen LogP contribution is -2.25. The summed E-state index contributed by atoms with van der Waals surface area (Å²) in [6.45, 7) is 1.22. The first-order valence-electron chi connectivity index (χ1n) is 8.69. The van der Waals surface area contributed by atoms with Crippen LogP contribution in [0.25, 0.3) is 6.08 Å². The Morgan fingerprint density at radius 3 is 2.28 bits per heavy atom. The Labute approximate surface area is 192 Å². The highest BCUT2D eigenvalue weighted by Gasteiger charge is 2.37. The molecule has 3 rings (SSSR count). The van der Waals surface area contributed by atoms with E-state index < -0.39 is 40.7 Å². The van der Waals surface area contributed by atoms with Crippen LogP contribution in [0.2, 0.25) is 0 Å². The van der Waals surface area contributed by atoms with Gasteiger partial charge in [0.25, 0.3) is 5.91 Å². The van der Waals surface area contributed by atoms with Gasteiger partial charge in [-0.15, -0.1) is 6.42 Å². The van der Waals surface area contributed by atoms with Crippen LogP contribution in [0.15, 0.2) is 22.8 Å². The second-order valence-corrected chi connectivity index (χ2v) is 7.54. The van der Waals surface area contributed by atoms with Gasteiger partial charge in [0.1, 0.15) is 12.3 Å². The molecule has 166 valence electrons. The van der Waals surface area contributed by atoms with Gasteiger partial charge in [0.15, 0.2) is 34.8 Å². The van der Waals surface area contributed by atoms with Crippen molar-refractivity contribution in [2.75, 3.05) is 18.7 Å². The van der Waals surface area contributed by atoms with E-state index in [-0.39, 0.29) is 28.7 Å². The molecule has 0 saturated carbocycles. The van der Waals surface area contributed by atoms with Crippen molar-refractivity contribution in [3.63, 3.8) is 0 Å². The van der Waals surface area contributed by atoms with Crippen molar-refractivity contribution in [3.05, 3.63) is 55.9 Å². The predicted molar refractivity (Wildman–Crippen MR) is 115 cm³/mol. The van der Waals surface area contributed by atoms with E-state index in [0.717, 1.165) is 0 Å². The lowest BCUT2D eigenvalue weighted by Gasteiger charge is -2.15. The molecular weight excluding hydrogens is 550 g/mol. The van der Waals surface area contributed by atoms with E-state index in [1.54, 1.807) is 12.1 Å². The Kier molecular flexibility index (Phi) is 6.73. The Bertz CT molecular complexity index is 1210. The van der Waals surface area contributed by atoms with Crippen LogP contribution in [0, 0.1) is 45.0 Å².